The first-order valence-electron chi connectivity index (χ1n) is 5.83. The number of thioether (sulfide) groups is 1. The second-order valence-corrected chi connectivity index (χ2v) is 5.82. The summed E-state index contributed by atoms with van der Waals surface area (Å²) in [6.45, 7) is 2.85. The van der Waals surface area contributed by atoms with Gasteiger partial charge in [0.2, 0.25) is 0 Å². The second-order valence-electron chi connectivity index (χ2n) is 3.98. The molecule has 1 aromatic carbocycles. The fourth-order valence-electron chi connectivity index (χ4n) is 1.47. The molecule has 4 heteroatoms. The number of hydrogen-bond acceptors (Lipinski definition) is 3. The van der Waals surface area contributed by atoms with Gasteiger partial charge < -0.3 is 10.5 Å². The van der Waals surface area contributed by atoms with Gasteiger partial charge in [-0.05, 0) is 52.7 Å². The molecule has 96 valence electrons. The van der Waals surface area contributed by atoms with Crippen LogP contribution in [0.25, 0.3) is 0 Å². The summed E-state index contributed by atoms with van der Waals surface area (Å²) in [5, 5.41) is 0. The molecule has 0 saturated carbocycles. The first-order chi connectivity index (χ1) is 8.17. The number of hydrogen-bond donors (Lipinski definition) is 1. The van der Waals surface area contributed by atoms with Crippen molar-refractivity contribution in [3.8, 4) is 5.75 Å². The quantitative estimate of drug-likeness (QED) is 0.782. The van der Waals surface area contributed by atoms with Gasteiger partial charge >= 0.3 is 0 Å². The van der Waals surface area contributed by atoms with Crippen LogP contribution in [0.2, 0.25) is 0 Å². The van der Waals surface area contributed by atoms with Crippen LogP contribution in [0.1, 0.15) is 18.9 Å². The molecule has 0 aromatic heterocycles. The molecule has 0 heterocycles. The van der Waals surface area contributed by atoms with Crippen LogP contribution < -0.4 is 10.5 Å². The van der Waals surface area contributed by atoms with Gasteiger partial charge in [-0.15, -0.1) is 0 Å². The second kappa shape index (κ2) is 8.01. The van der Waals surface area contributed by atoms with E-state index in [0.717, 1.165) is 35.4 Å². The van der Waals surface area contributed by atoms with Crippen LogP contribution in [0.3, 0.4) is 0 Å². The lowest BCUT2D eigenvalue weighted by atomic mass is 10.0. The van der Waals surface area contributed by atoms with Crippen molar-refractivity contribution in [2.24, 2.45) is 5.73 Å². The van der Waals surface area contributed by atoms with Crippen LogP contribution in [-0.2, 0) is 6.42 Å². The fourth-order valence-corrected chi connectivity index (χ4v) is 2.26. The standard InChI is InChI=1S/C13H20BrNOS/c1-3-11(15)8-10-4-5-13(12(14)9-10)16-6-7-17-2/h4-5,9,11H,3,6-8,15H2,1-2H3. The molecule has 17 heavy (non-hydrogen) atoms. The Bertz CT molecular complexity index is 346. The molecule has 1 atom stereocenters. The van der Waals surface area contributed by atoms with E-state index in [2.05, 4.69) is 41.2 Å². The van der Waals surface area contributed by atoms with Gasteiger partial charge in [-0.2, -0.15) is 11.8 Å². The van der Waals surface area contributed by atoms with Crippen molar-refractivity contribution >= 4 is 27.7 Å². The van der Waals surface area contributed by atoms with E-state index >= 15 is 0 Å². The lowest BCUT2D eigenvalue weighted by Gasteiger charge is -2.11. The van der Waals surface area contributed by atoms with E-state index in [9.17, 15) is 0 Å². The third-order valence-corrected chi connectivity index (χ3v) is 3.76. The highest BCUT2D eigenvalue weighted by molar-refractivity contribution is 9.10. The summed E-state index contributed by atoms with van der Waals surface area (Å²) in [5.74, 6) is 1.92. The molecule has 0 spiro atoms. The highest BCUT2D eigenvalue weighted by Gasteiger charge is 2.05. The van der Waals surface area contributed by atoms with Gasteiger partial charge in [-0.3, -0.25) is 0 Å². The van der Waals surface area contributed by atoms with E-state index in [1.54, 1.807) is 11.8 Å². The fraction of sp³-hybridized carbons (Fsp3) is 0.538. The number of nitrogens with two attached hydrogens (primary N) is 1. The van der Waals surface area contributed by atoms with Gasteiger partial charge in [0.25, 0.3) is 0 Å². The number of ether oxygens (including phenoxy) is 1. The summed E-state index contributed by atoms with van der Waals surface area (Å²) < 4.78 is 6.68. The van der Waals surface area contributed by atoms with E-state index in [-0.39, 0.29) is 6.04 Å². The molecular weight excluding hydrogens is 298 g/mol. The Morgan fingerprint density at radius 1 is 1.47 bits per heavy atom. The van der Waals surface area contributed by atoms with Crippen LogP contribution in [0, 0.1) is 0 Å². The average Bonchev–Trinajstić information content (AvgIpc) is 2.32. The summed E-state index contributed by atoms with van der Waals surface area (Å²) in [6.07, 6.45) is 4.00. The lowest BCUT2D eigenvalue weighted by molar-refractivity contribution is 0.342. The summed E-state index contributed by atoms with van der Waals surface area (Å²) in [5.41, 5.74) is 7.20. The average molecular weight is 318 g/mol. The van der Waals surface area contributed by atoms with Crippen molar-refractivity contribution in [1.82, 2.24) is 0 Å². The Morgan fingerprint density at radius 2 is 2.24 bits per heavy atom. The van der Waals surface area contributed by atoms with Gasteiger partial charge in [0.15, 0.2) is 0 Å². The molecule has 0 aliphatic rings. The topological polar surface area (TPSA) is 35.2 Å². The van der Waals surface area contributed by atoms with Crippen molar-refractivity contribution in [3.05, 3.63) is 28.2 Å². The van der Waals surface area contributed by atoms with Crippen molar-refractivity contribution in [2.45, 2.75) is 25.8 Å². The number of rotatable bonds is 7. The molecule has 0 saturated heterocycles. The molecule has 0 fully saturated rings. The largest absolute Gasteiger partial charge is 0.492 e. The monoisotopic (exact) mass is 317 g/mol. The molecule has 0 aliphatic heterocycles. The van der Waals surface area contributed by atoms with Crippen LogP contribution in [-0.4, -0.2) is 24.7 Å². The molecular formula is C13H20BrNOS. The maximum atomic E-state index is 5.94. The molecule has 0 aliphatic carbocycles. The Labute approximate surface area is 116 Å². The van der Waals surface area contributed by atoms with Crippen molar-refractivity contribution in [3.63, 3.8) is 0 Å². The van der Waals surface area contributed by atoms with Gasteiger partial charge in [0.05, 0.1) is 11.1 Å². The highest BCUT2D eigenvalue weighted by Crippen LogP contribution is 2.26. The number of halogens is 1. The van der Waals surface area contributed by atoms with Crippen molar-refractivity contribution in [1.29, 1.82) is 0 Å². The Balaban J connectivity index is 2.59. The highest BCUT2D eigenvalue weighted by atomic mass is 79.9. The maximum Gasteiger partial charge on any atom is 0.133 e. The molecule has 1 aromatic rings. The zero-order chi connectivity index (χ0) is 12.7. The zero-order valence-electron chi connectivity index (χ0n) is 10.4. The summed E-state index contributed by atoms with van der Waals surface area (Å²) in [4.78, 5) is 0. The molecule has 1 rings (SSSR count). The van der Waals surface area contributed by atoms with Gasteiger partial charge in [-0.25, -0.2) is 0 Å². The Hall–Kier alpha value is -0.190. The van der Waals surface area contributed by atoms with Crippen LogP contribution in [0.15, 0.2) is 22.7 Å². The maximum absolute atomic E-state index is 5.94. The van der Waals surface area contributed by atoms with Crippen LogP contribution in [0.5, 0.6) is 5.75 Å². The summed E-state index contributed by atoms with van der Waals surface area (Å²) in [6, 6.07) is 6.45. The van der Waals surface area contributed by atoms with Crippen molar-refractivity contribution < 1.29 is 4.74 Å². The predicted octanol–water partition coefficient (Wildman–Crippen LogP) is 3.47. The first kappa shape index (κ1) is 14.9. The normalized spacial score (nSPS) is 12.5. The third kappa shape index (κ3) is 5.32. The first-order valence-corrected chi connectivity index (χ1v) is 8.01. The summed E-state index contributed by atoms with van der Waals surface area (Å²) in [7, 11) is 0. The Kier molecular flexibility index (Phi) is 7.00. The van der Waals surface area contributed by atoms with E-state index in [0.29, 0.717) is 0 Å². The van der Waals surface area contributed by atoms with Gasteiger partial charge in [0, 0.05) is 11.8 Å². The summed E-state index contributed by atoms with van der Waals surface area (Å²) >= 11 is 5.32. The minimum Gasteiger partial charge on any atom is -0.492 e. The molecule has 0 radical (unpaired) electrons. The molecule has 0 bridgehead atoms. The van der Waals surface area contributed by atoms with Crippen molar-refractivity contribution in [2.75, 3.05) is 18.6 Å². The molecule has 2 nitrogen and oxygen atoms in total. The third-order valence-electron chi connectivity index (χ3n) is 2.56. The van der Waals surface area contributed by atoms with Crippen LogP contribution >= 0.6 is 27.7 Å². The number of benzene rings is 1. The van der Waals surface area contributed by atoms with E-state index in [1.165, 1.54) is 5.56 Å². The minimum atomic E-state index is 0.241. The Morgan fingerprint density at radius 3 is 2.82 bits per heavy atom. The minimum absolute atomic E-state index is 0.241. The molecule has 0 amide bonds. The smallest absolute Gasteiger partial charge is 0.133 e. The lowest BCUT2D eigenvalue weighted by Crippen LogP contribution is -2.21. The van der Waals surface area contributed by atoms with E-state index < -0.39 is 0 Å². The van der Waals surface area contributed by atoms with E-state index in [1.807, 2.05) is 6.07 Å². The van der Waals surface area contributed by atoms with Crippen LogP contribution in [0.4, 0.5) is 0 Å². The SMILES string of the molecule is CCC(N)Cc1ccc(OCCSC)c(Br)c1. The van der Waals surface area contributed by atoms with E-state index in [4.69, 9.17) is 10.5 Å². The van der Waals surface area contributed by atoms with Gasteiger partial charge in [-0.1, -0.05) is 13.0 Å². The predicted molar refractivity (Wildman–Crippen MR) is 80.0 cm³/mol. The van der Waals surface area contributed by atoms with Gasteiger partial charge in [0.1, 0.15) is 5.75 Å². The zero-order valence-corrected chi connectivity index (χ0v) is 12.8. The molecule has 2 N–H and O–H groups in total. The molecule has 1 unspecified atom stereocenters.